The number of carbonyl (C=O) groups excluding carboxylic acids is 1. The van der Waals surface area contributed by atoms with Crippen molar-refractivity contribution in [2.45, 2.75) is 58.5 Å². The number of aliphatic hydroxyl groups is 2. The summed E-state index contributed by atoms with van der Waals surface area (Å²) in [6, 6.07) is 5.29. The highest BCUT2D eigenvalue weighted by molar-refractivity contribution is 8.76. The molecular formula is C18H31NO3S2. The van der Waals surface area contributed by atoms with Gasteiger partial charge in [0.15, 0.2) is 0 Å². The van der Waals surface area contributed by atoms with E-state index in [1.165, 1.54) is 0 Å². The minimum Gasteiger partial charge on any atom is -0.392 e. The number of benzene rings is 1. The molecule has 0 radical (unpaired) electrons. The summed E-state index contributed by atoms with van der Waals surface area (Å²) in [4.78, 5) is 14.0. The molecule has 0 fully saturated rings. The Hall–Kier alpha value is -0.690. The monoisotopic (exact) mass is 373 g/mol. The first-order valence-electron chi connectivity index (χ1n) is 8.16. The Balaban J connectivity index is 0.00000254. The molecule has 0 spiro atoms. The number of aliphatic hydroxyl groups excluding tert-OH is 2. The van der Waals surface area contributed by atoms with Gasteiger partial charge in [-0.25, -0.2) is 0 Å². The number of nitrogens with zero attached hydrogens (tertiary/aromatic N) is 1. The van der Waals surface area contributed by atoms with Crippen LogP contribution in [0, 0.1) is 0 Å². The van der Waals surface area contributed by atoms with Crippen LogP contribution in [0.3, 0.4) is 0 Å². The van der Waals surface area contributed by atoms with Crippen LogP contribution in [0.25, 0.3) is 0 Å². The van der Waals surface area contributed by atoms with E-state index in [1.807, 2.05) is 20.1 Å². The topological polar surface area (TPSA) is 60.8 Å². The first-order valence-corrected chi connectivity index (χ1v) is 10.7. The number of carbonyl (C=O) groups is 1. The predicted molar refractivity (Wildman–Crippen MR) is 107 cm³/mol. The number of hydrogen-bond donors (Lipinski definition) is 2. The second-order valence-corrected chi connectivity index (χ2v) is 8.89. The molecule has 0 bridgehead atoms. The molecule has 24 heavy (non-hydrogen) atoms. The Morgan fingerprint density at radius 2 is 1.62 bits per heavy atom. The van der Waals surface area contributed by atoms with Gasteiger partial charge in [0.2, 0.25) is 5.91 Å². The van der Waals surface area contributed by atoms with Crippen molar-refractivity contribution in [2.75, 3.05) is 18.2 Å². The van der Waals surface area contributed by atoms with Crippen molar-refractivity contribution >= 4 is 33.2 Å². The Labute approximate surface area is 154 Å². The highest BCUT2D eigenvalue weighted by Gasteiger charge is 2.21. The van der Waals surface area contributed by atoms with E-state index < -0.39 is 0 Å². The summed E-state index contributed by atoms with van der Waals surface area (Å²) in [7, 11) is 5.22. The number of hydrogen-bond acceptors (Lipinski definition) is 5. The fourth-order valence-corrected chi connectivity index (χ4v) is 4.35. The molecule has 0 heterocycles. The van der Waals surface area contributed by atoms with Gasteiger partial charge in [-0.05, 0) is 49.8 Å². The average Bonchev–Trinajstić information content (AvgIpc) is 2.60. The van der Waals surface area contributed by atoms with Gasteiger partial charge in [0, 0.05) is 23.9 Å². The smallest absolute Gasteiger partial charge is 0.226 e. The molecule has 2 N–H and O–H groups in total. The van der Waals surface area contributed by atoms with Crippen molar-refractivity contribution in [1.29, 1.82) is 0 Å². The van der Waals surface area contributed by atoms with Gasteiger partial charge < -0.3 is 15.1 Å². The summed E-state index contributed by atoms with van der Waals surface area (Å²) in [6.45, 7) is 8.05. The van der Waals surface area contributed by atoms with Crippen molar-refractivity contribution in [3.05, 3.63) is 29.3 Å². The maximum Gasteiger partial charge on any atom is 0.226 e. The lowest BCUT2D eigenvalue weighted by atomic mass is 10.1. The first-order chi connectivity index (χ1) is 11.3. The second-order valence-electron chi connectivity index (χ2n) is 5.79. The van der Waals surface area contributed by atoms with Gasteiger partial charge in [0.25, 0.3) is 0 Å². The Morgan fingerprint density at radius 1 is 1.12 bits per heavy atom. The van der Waals surface area contributed by atoms with Gasteiger partial charge in [0.05, 0.1) is 13.2 Å². The Bertz CT molecular complexity index is 485. The summed E-state index contributed by atoms with van der Waals surface area (Å²) in [5, 5.41) is 18.6. The molecule has 0 saturated carbocycles. The molecule has 6 heteroatoms. The zero-order valence-electron chi connectivity index (χ0n) is 15.6. The summed E-state index contributed by atoms with van der Waals surface area (Å²) in [5.41, 5.74) is 2.09. The molecule has 0 aliphatic rings. The fourth-order valence-electron chi connectivity index (χ4n) is 2.11. The lowest BCUT2D eigenvalue weighted by Gasteiger charge is -2.24. The van der Waals surface area contributed by atoms with Gasteiger partial charge in [-0.2, -0.15) is 0 Å². The van der Waals surface area contributed by atoms with E-state index in [2.05, 4.69) is 13.8 Å². The molecule has 1 aromatic rings. The van der Waals surface area contributed by atoms with Crippen LogP contribution in [0.5, 0.6) is 0 Å². The van der Waals surface area contributed by atoms with Crippen LogP contribution >= 0.6 is 21.6 Å². The number of rotatable bonds is 8. The largest absolute Gasteiger partial charge is 0.392 e. The molecule has 138 valence electrons. The van der Waals surface area contributed by atoms with Crippen LogP contribution in [0.15, 0.2) is 18.2 Å². The molecule has 0 unspecified atom stereocenters. The maximum absolute atomic E-state index is 12.4. The van der Waals surface area contributed by atoms with Gasteiger partial charge in [-0.3, -0.25) is 4.79 Å². The number of amides is 1. The SMILES string of the molecule is CC.CSSC(C)(C)CCC(=O)N(C)c1cc(CO)cc(CO)c1. The quantitative estimate of drug-likeness (QED) is 0.668. The Kier molecular flexibility index (Phi) is 11.5. The van der Waals surface area contributed by atoms with E-state index in [0.29, 0.717) is 23.2 Å². The molecule has 0 saturated heterocycles. The van der Waals surface area contributed by atoms with E-state index in [0.717, 1.165) is 6.42 Å². The van der Waals surface area contributed by atoms with E-state index in [4.69, 9.17) is 0 Å². The molecule has 0 aliphatic heterocycles. The van der Waals surface area contributed by atoms with Crippen molar-refractivity contribution < 1.29 is 15.0 Å². The third-order valence-electron chi connectivity index (χ3n) is 3.41. The summed E-state index contributed by atoms with van der Waals surface area (Å²) >= 11 is 0. The van der Waals surface area contributed by atoms with Gasteiger partial charge in [-0.1, -0.05) is 41.5 Å². The van der Waals surface area contributed by atoms with Crippen LogP contribution in [-0.4, -0.2) is 34.2 Å². The molecule has 1 amide bonds. The third kappa shape index (κ3) is 7.92. The van der Waals surface area contributed by atoms with Crippen LogP contribution in [0.2, 0.25) is 0 Å². The lowest BCUT2D eigenvalue weighted by molar-refractivity contribution is -0.118. The van der Waals surface area contributed by atoms with E-state index >= 15 is 0 Å². The van der Waals surface area contributed by atoms with E-state index in [9.17, 15) is 15.0 Å². The van der Waals surface area contributed by atoms with Crippen molar-refractivity contribution in [2.24, 2.45) is 0 Å². The lowest BCUT2D eigenvalue weighted by Crippen LogP contribution is -2.28. The zero-order chi connectivity index (χ0) is 18.8. The van der Waals surface area contributed by atoms with Gasteiger partial charge in [0.1, 0.15) is 0 Å². The molecule has 1 rings (SSSR count). The average molecular weight is 374 g/mol. The number of anilines is 1. The highest BCUT2D eigenvalue weighted by atomic mass is 33.1. The zero-order valence-corrected chi connectivity index (χ0v) is 17.3. The molecule has 1 aromatic carbocycles. The van der Waals surface area contributed by atoms with Crippen LogP contribution in [-0.2, 0) is 18.0 Å². The van der Waals surface area contributed by atoms with Crippen molar-refractivity contribution in [3.8, 4) is 0 Å². The first kappa shape index (κ1) is 23.3. The van der Waals surface area contributed by atoms with Crippen LogP contribution in [0.1, 0.15) is 51.7 Å². The van der Waals surface area contributed by atoms with E-state index in [1.54, 1.807) is 51.7 Å². The van der Waals surface area contributed by atoms with E-state index in [-0.39, 0.29) is 23.9 Å². The predicted octanol–water partition coefficient (Wildman–Crippen LogP) is 4.23. The summed E-state index contributed by atoms with van der Waals surface area (Å²) in [6.07, 6.45) is 3.31. The molecule has 0 aliphatic carbocycles. The molecule has 4 nitrogen and oxygen atoms in total. The minimum absolute atomic E-state index is 0.0359. The second kappa shape index (κ2) is 11.8. The standard InChI is InChI=1S/C16H25NO3S2.C2H6/c1-16(2,22-21-4)6-5-15(20)17(3)14-8-12(10-18)7-13(9-14)11-19;1-2/h7-9,18-19H,5-6,10-11H2,1-4H3;1-2H3. The normalized spacial score (nSPS) is 10.8. The maximum atomic E-state index is 12.4. The fraction of sp³-hybridized carbons (Fsp3) is 0.611. The Morgan fingerprint density at radius 3 is 2.04 bits per heavy atom. The minimum atomic E-state index is -0.111. The van der Waals surface area contributed by atoms with Crippen molar-refractivity contribution in [3.63, 3.8) is 0 Å². The summed E-state index contributed by atoms with van der Waals surface area (Å²) < 4.78 is 0.0547. The summed E-state index contributed by atoms with van der Waals surface area (Å²) in [5.74, 6) is 0.0359. The van der Waals surface area contributed by atoms with Crippen LogP contribution < -0.4 is 4.90 Å². The third-order valence-corrected chi connectivity index (χ3v) is 6.09. The van der Waals surface area contributed by atoms with Gasteiger partial charge in [-0.15, -0.1) is 0 Å². The molecular weight excluding hydrogens is 342 g/mol. The molecule has 0 atom stereocenters. The van der Waals surface area contributed by atoms with Gasteiger partial charge >= 0.3 is 0 Å². The highest BCUT2D eigenvalue weighted by Crippen LogP contribution is 2.37. The van der Waals surface area contributed by atoms with Crippen molar-refractivity contribution in [1.82, 2.24) is 0 Å². The van der Waals surface area contributed by atoms with Crippen LogP contribution in [0.4, 0.5) is 5.69 Å². The molecule has 0 aromatic heterocycles.